The molecule has 0 fully saturated rings. The van der Waals surface area contributed by atoms with E-state index >= 15 is 0 Å². The Morgan fingerprint density at radius 3 is 2.29 bits per heavy atom. The van der Waals surface area contributed by atoms with Gasteiger partial charge in [-0.3, -0.25) is 0 Å². The van der Waals surface area contributed by atoms with Gasteiger partial charge in [0, 0.05) is 6.54 Å². The van der Waals surface area contributed by atoms with Crippen molar-refractivity contribution in [3.05, 3.63) is 101 Å². The molecule has 0 saturated carbocycles. The molecule has 0 atom stereocenters. The second kappa shape index (κ2) is 9.10. The number of ether oxygens (including phenoxy) is 1. The maximum atomic E-state index is 13.4. The highest BCUT2D eigenvalue weighted by molar-refractivity contribution is 7.89. The minimum Gasteiger partial charge on any atom is -0.372 e. The summed E-state index contributed by atoms with van der Waals surface area (Å²) >= 11 is 0. The second-order valence-electron chi connectivity index (χ2n) is 6.48. The first kappa shape index (κ1) is 20.2. The summed E-state index contributed by atoms with van der Waals surface area (Å²) in [7, 11) is -3.74. The van der Waals surface area contributed by atoms with E-state index in [0.717, 1.165) is 22.8 Å². The first-order valence-corrected chi connectivity index (χ1v) is 10.4. The number of hydrogen-bond acceptors (Lipinski definition) is 3. The molecule has 0 heterocycles. The standard InChI is InChI=1S/C22H22FNO3S/c1-17-13-21(11-12-22(17)23)28(25,26)24-14-19-9-5-6-10-20(19)16-27-15-18-7-3-2-4-8-18/h2-13,24H,14-16H2,1H3. The Balaban J connectivity index is 1.65. The number of rotatable bonds is 8. The second-order valence-corrected chi connectivity index (χ2v) is 8.25. The van der Waals surface area contributed by atoms with Gasteiger partial charge < -0.3 is 4.74 Å². The zero-order chi connectivity index (χ0) is 20.0. The predicted molar refractivity (Wildman–Crippen MR) is 107 cm³/mol. The van der Waals surface area contributed by atoms with Gasteiger partial charge in [-0.15, -0.1) is 0 Å². The SMILES string of the molecule is Cc1cc(S(=O)(=O)NCc2ccccc2COCc2ccccc2)ccc1F. The average Bonchev–Trinajstić information content (AvgIpc) is 2.70. The molecule has 0 bridgehead atoms. The third-order valence-corrected chi connectivity index (χ3v) is 5.78. The Hall–Kier alpha value is -2.54. The van der Waals surface area contributed by atoms with Crippen LogP contribution in [0.5, 0.6) is 0 Å². The number of benzene rings is 3. The van der Waals surface area contributed by atoms with Gasteiger partial charge in [0.15, 0.2) is 0 Å². The van der Waals surface area contributed by atoms with Gasteiger partial charge in [0.1, 0.15) is 5.82 Å². The molecule has 4 nitrogen and oxygen atoms in total. The van der Waals surface area contributed by atoms with Gasteiger partial charge in [-0.25, -0.2) is 17.5 Å². The number of hydrogen-bond donors (Lipinski definition) is 1. The van der Waals surface area contributed by atoms with Crippen molar-refractivity contribution in [2.75, 3.05) is 0 Å². The summed E-state index contributed by atoms with van der Waals surface area (Å²) < 4.78 is 46.8. The van der Waals surface area contributed by atoms with E-state index in [1.54, 1.807) is 0 Å². The highest BCUT2D eigenvalue weighted by atomic mass is 32.2. The highest BCUT2D eigenvalue weighted by Crippen LogP contribution is 2.16. The molecule has 0 aromatic heterocycles. The van der Waals surface area contributed by atoms with Gasteiger partial charge in [-0.1, -0.05) is 54.6 Å². The molecule has 0 unspecified atom stereocenters. The zero-order valence-corrected chi connectivity index (χ0v) is 16.4. The lowest BCUT2D eigenvalue weighted by Crippen LogP contribution is -2.24. The first-order chi connectivity index (χ1) is 13.5. The Kier molecular flexibility index (Phi) is 6.57. The van der Waals surface area contributed by atoms with Crippen molar-refractivity contribution >= 4 is 10.0 Å². The van der Waals surface area contributed by atoms with Crippen LogP contribution in [-0.2, 0) is 34.5 Å². The molecule has 146 valence electrons. The fraction of sp³-hybridized carbons (Fsp3) is 0.182. The summed E-state index contributed by atoms with van der Waals surface area (Å²) in [4.78, 5) is 0.0456. The lowest BCUT2D eigenvalue weighted by molar-refractivity contribution is 0.106. The quantitative estimate of drug-likeness (QED) is 0.613. The van der Waals surface area contributed by atoms with Crippen molar-refractivity contribution in [3.63, 3.8) is 0 Å². The fourth-order valence-corrected chi connectivity index (χ4v) is 3.86. The minimum absolute atomic E-state index is 0.0456. The van der Waals surface area contributed by atoms with Crippen molar-refractivity contribution < 1.29 is 17.5 Å². The van der Waals surface area contributed by atoms with Crippen molar-refractivity contribution in [1.82, 2.24) is 4.72 Å². The third-order valence-electron chi connectivity index (χ3n) is 4.38. The molecule has 0 aliphatic rings. The molecule has 28 heavy (non-hydrogen) atoms. The van der Waals surface area contributed by atoms with Crippen LogP contribution in [0.1, 0.15) is 22.3 Å². The van der Waals surface area contributed by atoms with Crippen molar-refractivity contribution in [2.24, 2.45) is 0 Å². The van der Waals surface area contributed by atoms with Crippen molar-refractivity contribution in [2.45, 2.75) is 31.6 Å². The highest BCUT2D eigenvalue weighted by Gasteiger charge is 2.16. The average molecular weight is 399 g/mol. The molecule has 0 saturated heterocycles. The van der Waals surface area contributed by atoms with Crippen LogP contribution in [0, 0.1) is 12.7 Å². The van der Waals surface area contributed by atoms with Crippen molar-refractivity contribution in [3.8, 4) is 0 Å². The smallest absolute Gasteiger partial charge is 0.240 e. The van der Waals surface area contributed by atoms with Crippen LogP contribution in [-0.4, -0.2) is 8.42 Å². The maximum Gasteiger partial charge on any atom is 0.240 e. The Bertz CT molecular complexity index is 1040. The molecular weight excluding hydrogens is 377 g/mol. The Morgan fingerprint density at radius 1 is 0.893 bits per heavy atom. The number of halogens is 1. The van der Waals surface area contributed by atoms with Crippen LogP contribution in [0.15, 0.2) is 77.7 Å². The number of nitrogens with one attached hydrogen (secondary N) is 1. The maximum absolute atomic E-state index is 13.4. The van der Waals surface area contributed by atoms with Gasteiger partial charge in [0.25, 0.3) is 0 Å². The van der Waals surface area contributed by atoms with Crippen LogP contribution in [0.2, 0.25) is 0 Å². The van der Waals surface area contributed by atoms with E-state index in [0.29, 0.717) is 13.2 Å². The number of aryl methyl sites for hydroxylation is 1. The van der Waals surface area contributed by atoms with Crippen LogP contribution in [0.3, 0.4) is 0 Å². The summed E-state index contributed by atoms with van der Waals surface area (Å²) in [6, 6.07) is 21.1. The lowest BCUT2D eigenvalue weighted by Gasteiger charge is -2.12. The molecule has 3 aromatic rings. The molecule has 0 spiro atoms. The van der Waals surface area contributed by atoms with Crippen LogP contribution < -0.4 is 4.72 Å². The van der Waals surface area contributed by atoms with Crippen LogP contribution in [0.25, 0.3) is 0 Å². The minimum atomic E-state index is -3.74. The first-order valence-electron chi connectivity index (χ1n) is 8.90. The molecule has 3 rings (SSSR count). The van der Waals surface area contributed by atoms with Gasteiger partial charge in [0.05, 0.1) is 18.1 Å². The van der Waals surface area contributed by atoms with E-state index in [4.69, 9.17) is 4.74 Å². The third kappa shape index (κ3) is 5.25. The van der Waals surface area contributed by atoms with Gasteiger partial charge >= 0.3 is 0 Å². The zero-order valence-electron chi connectivity index (χ0n) is 15.6. The Labute approximate surface area is 165 Å². The summed E-state index contributed by atoms with van der Waals surface area (Å²) in [5.41, 5.74) is 3.11. The van der Waals surface area contributed by atoms with E-state index < -0.39 is 15.8 Å². The molecule has 6 heteroatoms. The van der Waals surface area contributed by atoms with Crippen LogP contribution >= 0.6 is 0 Å². The molecular formula is C22H22FNO3S. The molecule has 1 N–H and O–H groups in total. The topological polar surface area (TPSA) is 55.4 Å². The molecule has 0 radical (unpaired) electrons. The lowest BCUT2D eigenvalue weighted by atomic mass is 10.1. The molecule has 0 aliphatic heterocycles. The largest absolute Gasteiger partial charge is 0.372 e. The molecule has 3 aromatic carbocycles. The fourth-order valence-electron chi connectivity index (χ4n) is 2.76. The van der Waals surface area contributed by atoms with Crippen LogP contribution in [0.4, 0.5) is 4.39 Å². The molecule has 0 amide bonds. The number of sulfonamides is 1. The summed E-state index contributed by atoms with van der Waals surface area (Å²) in [5, 5.41) is 0. The van der Waals surface area contributed by atoms with Gasteiger partial charge in [-0.2, -0.15) is 0 Å². The summed E-state index contributed by atoms with van der Waals surface area (Å²) in [6.45, 7) is 2.52. The van der Waals surface area contributed by atoms with E-state index in [2.05, 4.69) is 4.72 Å². The van der Waals surface area contributed by atoms with E-state index in [1.165, 1.54) is 19.1 Å². The normalized spacial score (nSPS) is 11.5. The van der Waals surface area contributed by atoms with E-state index in [-0.39, 0.29) is 17.0 Å². The Morgan fingerprint density at radius 2 is 1.57 bits per heavy atom. The van der Waals surface area contributed by atoms with Gasteiger partial charge in [-0.05, 0) is 47.4 Å². The predicted octanol–water partition coefficient (Wildman–Crippen LogP) is 4.33. The van der Waals surface area contributed by atoms with E-state index in [1.807, 2.05) is 54.6 Å². The summed E-state index contributed by atoms with van der Waals surface area (Å²) in [6.07, 6.45) is 0. The van der Waals surface area contributed by atoms with Crippen molar-refractivity contribution in [1.29, 1.82) is 0 Å². The summed E-state index contributed by atoms with van der Waals surface area (Å²) in [5.74, 6) is -0.431. The monoisotopic (exact) mass is 399 g/mol. The van der Waals surface area contributed by atoms with E-state index in [9.17, 15) is 12.8 Å². The van der Waals surface area contributed by atoms with Gasteiger partial charge in [0.2, 0.25) is 10.0 Å². The molecule has 0 aliphatic carbocycles.